The molecule has 0 aliphatic heterocycles. The number of thiophene rings is 1. The largest absolute Gasteiger partial charge is 0.147 e. The molecule has 0 unspecified atom stereocenters. The monoisotopic (exact) mass is 211 g/mol. The van der Waals surface area contributed by atoms with Crippen LogP contribution in [-0.4, -0.2) is 0 Å². The molecule has 1 heteroatoms. The third kappa shape index (κ3) is 1.35. The Kier molecular flexibility index (Phi) is 2.00. The van der Waals surface area contributed by atoms with Gasteiger partial charge in [-0.15, -0.1) is 11.3 Å². The van der Waals surface area contributed by atoms with Gasteiger partial charge in [-0.1, -0.05) is 36.4 Å². The second-order valence-corrected chi connectivity index (χ2v) is 4.68. The maximum absolute atomic E-state index is 2.26. The Bertz CT molecular complexity index is 518. The molecule has 1 heterocycles. The minimum absolute atomic E-state index is 1.32. The van der Waals surface area contributed by atoms with Gasteiger partial charge in [-0.05, 0) is 29.0 Å². The third-order valence-corrected chi connectivity index (χ3v) is 3.73. The molecule has 15 heavy (non-hydrogen) atoms. The summed E-state index contributed by atoms with van der Waals surface area (Å²) in [5, 5.41) is 2.26. The molecule has 0 saturated heterocycles. The van der Waals surface area contributed by atoms with Crippen LogP contribution in [0, 0.1) is 6.42 Å². The molecule has 0 amide bonds. The van der Waals surface area contributed by atoms with Crippen molar-refractivity contribution in [1.29, 1.82) is 0 Å². The fourth-order valence-electron chi connectivity index (χ4n) is 2.02. The molecule has 0 saturated carbocycles. The zero-order chi connectivity index (χ0) is 10.3. The molecule has 0 spiro atoms. The highest BCUT2D eigenvalue weighted by molar-refractivity contribution is 7.11. The molecule has 2 aromatic rings. The average molecular weight is 211 g/mol. The normalized spacial score (nSPS) is 13.8. The predicted molar refractivity (Wildman–Crippen MR) is 66.8 cm³/mol. The van der Waals surface area contributed by atoms with Gasteiger partial charge in [-0.25, -0.2) is 0 Å². The maximum atomic E-state index is 2.26. The Hall–Kier alpha value is -1.34. The Morgan fingerprint density at radius 2 is 1.87 bits per heavy atom. The Morgan fingerprint density at radius 3 is 2.67 bits per heavy atom. The van der Waals surface area contributed by atoms with Crippen molar-refractivity contribution in [2.45, 2.75) is 6.92 Å². The average Bonchev–Trinajstić information content (AvgIpc) is 2.84. The molecule has 0 fully saturated rings. The van der Waals surface area contributed by atoms with Gasteiger partial charge in [0.25, 0.3) is 0 Å². The molecule has 1 aliphatic rings. The summed E-state index contributed by atoms with van der Waals surface area (Å²) in [5.74, 6) is 0. The summed E-state index contributed by atoms with van der Waals surface area (Å²) < 4.78 is 0. The fourth-order valence-corrected chi connectivity index (χ4v) is 3.05. The van der Waals surface area contributed by atoms with E-state index in [1.807, 2.05) is 11.3 Å². The number of fused-ring (bicyclic) bond motifs is 1. The zero-order valence-electron chi connectivity index (χ0n) is 8.53. The van der Waals surface area contributed by atoms with Crippen molar-refractivity contribution in [2.75, 3.05) is 0 Å². The molecule has 0 atom stereocenters. The van der Waals surface area contributed by atoms with Crippen LogP contribution in [0.15, 0.2) is 41.8 Å². The van der Waals surface area contributed by atoms with Gasteiger partial charge in [0.2, 0.25) is 0 Å². The predicted octanol–water partition coefficient (Wildman–Crippen LogP) is 4.38. The second-order valence-electron chi connectivity index (χ2n) is 3.77. The number of hydrogen-bond donors (Lipinski definition) is 0. The fraction of sp³-hybridized carbons (Fsp3) is 0.0714. The number of hydrogen-bond acceptors (Lipinski definition) is 1. The molecule has 1 aliphatic carbocycles. The van der Waals surface area contributed by atoms with Crippen molar-refractivity contribution in [3.05, 3.63) is 58.6 Å². The minimum atomic E-state index is 1.32. The first-order chi connectivity index (χ1) is 7.36. The molecule has 0 nitrogen and oxygen atoms in total. The lowest BCUT2D eigenvalue weighted by Crippen LogP contribution is -1.80. The quantitative estimate of drug-likeness (QED) is 0.656. The van der Waals surface area contributed by atoms with Crippen LogP contribution in [0.2, 0.25) is 0 Å². The van der Waals surface area contributed by atoms with Gasteiger partial charge in [0.15, 0.2) is 0 Å². The highest BCUT2D eigenvalue weighted by atomic mass is 32.1. The van der Waals surface area contributed by atoms with E-state index in [2.05, 4.69) is 55.1 Å². The first-order valence-electron chi connectivity index (χ1n) is 5.05. The van der Waals surface area contributed by atoms with Gasteiger partial charge >= 0.3 is 0 Å². The van der Waals surface area contributed by atoms with Crippen LogP contribution >= 0.6 is 11.3 Å². The van der Waals surface area contributed by atoms with Crippen LogP contribution in [0.3, 0.4) is 0 Å². The summed E-state index contributed by atoms with van der Waals surface area (Å²) in [6, 6.07) is 10.6. The van der Waals surface area contributed by atoms with Crippen molar-refractivity contribution < 1.29 is 0 Å². The zero-order valence-corrected chi connectivity index (χ0v) is 9.34. The number of rotatable bonds is 1. The van der Waals surface area contributed by atoms with E-state index < -0.39 is 0 Å². The van der Waals surface area contributed by atoms with E-state index in [0.29, 0.717) is 0 Å². The smallest absolute Gasteiger partial charge is 0.0236 e. The van der Waals surface area contributed by atoms with E-state index in [0.717, 1.165) is 0 Å². The van der Waals surface area contributed by atoms with Crippen molar-refractivity contribution in [3.63, 3.8) is 0 Å². The van der Waals surface area contributed by atoms with Crippen molar-refractivity contribution in [1.82, 2.24) is 0 Å². The van der Waals surface area contributed by atoms with Gasteiger partial charge in [-0.3, -0.25) is 0 Å². The standard InChI is InChI=1S/C14H11S/c1-10-7-8-13-14(10)12(9-15-13)11-5-3-2-4-6-11/h2-9H,1H3. The van der Waals surface area contributed by atoms with Gasteiger partial charge in [0.1, 0.15) is 0 Å². The Labute approximate surface area is 93.9 Å². The number of allylic oxidation sites excluding steroid dienone is 2. The molecular formula is C14H11S. The lowest BCUT2D eigenvalue weighted by Gasteiger charge is -2.02. The summed E-state index contributed by atoms with van der Waals surface area (Å²) in [5.41, 5.74) is 5.49. The molecular weight excluding hydrogens is 200 g/mol. The van der Waals surface area contributed by atoms with Crippen LogP contribution in [0.5, 0.6) is 0 Å². The third-order valence-electron chi connectivity index (χ3n) is 2.78. The Morgan fingerprint density at radius 1 is 1.07 bits per heavy atom. The molecule has 0 N–H and O–H groups in total. The van der Waals surface area contributed by atoms with Crippen LogP contribution < -0.4 is 0 Å². The van der Waals surface area contributed by atoms with Crippen molar-refractivity contribution >= 4 is 16.9 Å². The van der Waals surface area contributed by atoms with E-state index >= 15 is 0 Å². The molecule has 0 bridgehead atoms. The molecule has 3 rings (SSSR count). The summed E-state index contributed by atoms with van der Waals surface area (Å²) in [4.78, 5) is 1.39. The molecule has 73 valence electrons. The highest BCUT2D eigenvalue weighted by Crippen LogP contribution is 2.41. The van der Waals surface area contributed by atoms with Crippen LogP contribution in [0.25, 0.3) is 16.7 Å². The van der Waals surface area contributed by atoms with E-state index in [1.165, 1.54) is 27.1 Å². The second kappa shape index (κ2) is 3.35. The maximum Gasteiger partial charge on any atom is 0.0236 e. The lowest BCUT2D eigenvalue weighted by molar-refractivity contribution is 1.62. The van der Waals surface area contributed by atoms with Crippen LogP contribution in [0.4, 0.5) is 0 Å². The van der Waals surface area contributed by atoms with E-state index in [-0.39, 0.29) is 0 Å². The first kappa shape index (κ1) is 8.93. The molecule has 1 aromatic heterocycles. The topological polar surface area (TPSA) is 0 Å². The highest BCUT2D eigenvalue weighted by Gasteiger charge is 2.18. The summed E-state index contributed by atoms with van der Waals surface area (Å²) in [6.07, 6.45) is 4.41. The summed E-state index contributed by atoms with van der Waals surface area (Å²) >= 11 is 1.83. The van der Waals surface area contributed by atoms with Gasteiger partial charge in [-0.2, -0.15) is 0 Å². The van der Waals surface area contributed by atoms with Crippen molar-refractivity contribution in [3.8, 4) is 11.1 Å². The van der Waals surface area contributed by atoms with Gasteiger partial charge in [0.05, 0.1) is 0 Å². The van der Waals surface area contributed by atoms with Crippen molar-refractivity contribution in [2.24, 2.45) is 0 Å². The van der Waals surface area contributed by atoms with Crippen LogP contribution in [-0.2, 0) is 0 Å². The SMILES string of the molecule is CC1=C[CH]c2scc(-c3ccccc3)c21. The van der Waals surface area contributed by atoms with Gasteiger partial charge < -0.3 is 0 Å². The van der Waals surface area contributed by atoms with E-state index in [1.54, 1.807) is 0 Å². The Balaban J connectivity index is 2.19. The lowest BCUT2D eigenvalue weighted by atomic mass is 10.0. The molecule has 1 aromatic carbocycles. The molecule has 1 radical (unpaired) electrons. The summed E-state index contributed by atoms with van der Waals surface area (Å²) in [6.45, 7) is 2.18. The summed E-state index contributed by atoms with van der Waals surface area (Å²) in [7, 11) is 0. The van der Waals surface area contributed by atoms with Gasteiger partial charge in [0, 0.05) is 16.9 Å². The number of benzene rings is 1. The first-order valence-corrected chi connectivity index (χ1v) is 5.93. The minimum Gasteiger partial charge on any atom is -0.147 e. The van der Waals surface area contributed by atoms with E-state index in [9.17, 15) is 0 Å². The van der Waals surface area contributed by atoms with E-state index in [4.69, 9.17) is 0 Å². The van der Waals surface area contributed by atoms with Crippen LogP contribution in [0.1, 0.15) is 17.4 Å².